The van der Waals surface area contributed by atoms with Crippen LogP contribution in [0.5, 0.6) is 5.75 Å². The van der Waals surface area contributed by atoms with Crippen LogP contribution in [0, 0.1) is 6.92 Å². The van der Waals surface area contributed by atoms with Gasteiger partial charge in [0.05, 0.1) is 23.3 Å². The number of piperazine rings is 1. The van der Waals surface area contributed by atoms with Crippen molar-refractivity contribution < 1.29 is 31.1 Å². The highest BCUT2D eigenvalue weighted by Gasteiger charge is 2.31. The molecule has 0 atom stereocenters. The Labute approximate surface area is 213 Å². The van der Waals surface area contributed by atoms with Crippen LogP contribution < -0.4 is 15.0 Å². The molecule has 1 N–H and O–H groups in total. The Balaban J connectivity index is 1.51. The fraction of sp³-hybridized carbons (Fsp3) is 0.269. The third kappa shape index (κ3) is 5.72. The average Bonchev–Trinajstić information content (AvgIpc) is 2.88. The minimum atomic E-state index is -4.56. The summed E-state index contributed by atoms with van der Waals surface area (Å²) < 4.78 is 72.6. The highest BCUT2D eigenvalue weighted by atomic mass is 32.2. The smallest absolute Gasteiger partial charge is 0.416 e. The van der Waals surface area contributed by atoms with E-state index in [-0.39, 0.29) is 29.2 Å². The lowest BCUT2D eigenvalue weighted by Crippen LogP contribution is -2.48. The van der Waals surface area contributed by atoms with Gasteiger partial charge >= 0.3 is 6.18 Å². The molecule has 0 aromatic heterocycles. The van der Waals surface area contributed by atoms with E-state index in [9.17, 15) is 26.4 Å². The number of benzene rings is 3. The van der Waals surface area contributed by atoms with Gasteiger partial charge in [-0.3, -0.25) is 4.79 Å². The van der Waals surface area contributed by atoms with Crippen LogP contribution in [-0.4, -0.2) is 51.9 Å². The van der Waals surface area contributed by atoms with Crippen LogP contribution in [0.3, 0.4) is 0 Å². The summed E-state index contributed by atoms with van der Waals surface area (Å²) in [6.45, 7) is 3.01. The third-order valence-electron chi connectivity index (χ3n) is 6.20. The molecule has 11 heteroatoms. The Bertz CT molecular complexity index is 1400. The quantitative estimate of drug-likeness (QED) is 0.493. The molecular weight excluding hydrogens is 507 g/mol. The number of rotatable bonds is 6. The topological polar surface area (TPSA) is 79.0 Å². The largest absolute Gasteiger partial charge is 0.495 e. The van der Waals surface area contributed by atoms with E-state index in [0.717, 1.165) is 17.8 Å². The number of hydrogen-bond donors (Lipinski definition) is 1. The molecule has 1 amide bonds. The molecule has 37 heavy (non-hydrogen) atoms. The lowest BCUT2D eigenvalue weighted by Gasteiger charge is -2.36. The van der Waals surface area contributed by atoms with Crippen molar-refractivity contribution in [3.8, 4) is 5.75 Å². The molecule has 3 aromatic carbocycles. The van der Waals surface area contributed by atoms with Crippen LogP contribution in [-0.2, 0) is 16.2 Å². The summed E-state index contributed by atoms with van der Waals surface area (Å²) in [6.07, 6.45) is -4.56. The van der Waals surface area contributed by atoms with Crippen molar-refractivity contribution in [2.24, 2.45) is 0 Å². The number of hydrogen-bond acceptors (Lipinski definition) is 5. The number of nitrogens with zero attached hydrogens (tertiary/aromatic N) is 2. The summed E-state index contributed by atoms with van der Waals surface area (Å²) in [5, 5.41) is 2.44. The van der Waals surface area contributed by atoms with E-state index in [1.807, 2.05) is 29.2 Å². The van der Waals surface area contributed by atoms with E-state index in [4.69, 9.17) is 4.74 Å². The number of alkyl halides is 3. The molecule has 0 bridgehead atoms. The number of methoxy groups -OCH3 is 1. The van der Waals surface area contributed by atoms with Gasteiger partial charge in [-0.25, -0.2) is 8.42 Å². The van der Waals surface area contributed by atoms with Gasteiger partial charge in [0.2, 0.25) is 10.0 Å². The predicted molar refractivity (Wildman–Crippen MR) is 135 cm³/mol. The summed E-state index contributed by atoms with van der Waals surface area (Å²) in [7, 11) is -2.33. The summed E-state index contributed by atoms with van der Waals surface area (Å²) >= 11 is 0. The SMILES string of the molecule is COc1ccccc1N1CCN(S(=O)(=O)c2ccc(C)c(C(=O)Nc3cccc(C(F)(F)F)c3)c2)CC1. The van der Waals surface area contributed by atoms with Crippen LogP contribution in [0.2, 0.25) is 0 Å². The maximum absolute atomic E-state index is 13.4. The third-order valence-corrected chi connectivity index (χ3v) is 8.10. The van der Waals surface area contributed by atoms with Gasteiger partial charge in [-0.05, 0) is 55.0 Å². The zero-order chi connectivity index (χ0) is 26.8. The molecule has 1 fully saturated rings. The maximum Gasteiger partial charge on any atom is 0.416 e. The van der Waals surface area contributed by atoms with Crippen LogP contribution in [0.25, 0.3) is 0 Å². The van der Waals surface area contributed by atoms with Crippen LogP contribution >= 0.6 is 0 Å². The second-order valence-electron chi connectivity index (χ2n) is 8.57. The summed E-state index contributed by atoms with van der Waals surface area (Å²) in [4.78, 5) is 14.9. The van der Waals surface area contributed by atoms with E-state index in [0.29, 0.717) is 24.4 Å². The normalized spacial score (nSPS) is 14.9. The molecule has 0 spiro atoms. The van der Waals surface area contributed by atoms with Crippen LogP contribution in [0.4, 0.5) is 24.5 Å². The molecule has 0 unspecified atom stereocenters. The first-order chi connectivity index (χ1) is 17.5. The van der Waals surface area contributed by atoms with Gasteiger partial charge in [0.15, 0.2) is 0 Å². The number of nitrogens with one attached hydrogen (secondary N) is 1. The Hall–Kier alpha value is -3.57. The van der Waals surface area contributed by atoms with E-state index in [1.165, 1.54) is 34.6 Å². The number of amides is 1. The molecule has 3 aromatic rings. The fourth-order valence-corrected chi connectivity index (χ4v) is 5.64. The molecule has 1 saturated heterocycles. The lowest BCUT2D eigenvalue weighted by atomic mass is 10.1. The molecule has 0 radical (unpaired) electrons. The van der Waals surface area contributed by atoms with Crippen molar-refractivity contribution in [2.45, 2.75) is 18.0 Å². The van der Waals surface area contributed by atoms with Gasteiger partial charge in [-0.2, -0.15) is 17.5 Å². The van der Waals surface area contributed by atoms with E-state index in [2.05, 4.69) is 5.32 Å². The molecule has 7 nitrogen and oxygen atoms in total. The Morgan fingerprint density at radius 2 is 1.65 bits per heavy atom. The Morgan fingerprint density at radius 1 is 0.946 bits per heavy atom. The zero-order valence-corrected chi connectivity index (χ0v) is 21.1. The molecule has 1 aliphatic heterocycles. The van der Waals surface area contributed by atoms with Gasteiger partial charge in [-0.1, -0.05) is 24.3 Å². The standard InChI is InChI=1S/C26H26F3N3O4S/c1-18-10-11-21(17-22(18)25(33)30-20-7-5-6-19(16-20)26(27,28)29)37(34,35)32-14-12-31(13-15-32)23-8-3-4-9-24(23)36-2/h3-11,16-17H,12-15H2,1-2H3,(H,30,33). The second-order valence-corrected chi connectivity index (χ2v) is 10.5. The fourth-order valence-electron chi connectivity index (χ4n) is 4.19. The highest BCUT2D eigenvalue weighted by Crippen LogP contribution is 2.32. The Morgan fingerprint density at radius 3 is 2.32 bits per heavy atom. The Kier molecular flexibility index (Phi) is 7.47. The van der Waals surface area contributed by atoms with Gasteiger partial charge in [0, 0.05) is 37.4 Å². The number of para-hydroxylation sites is 2. The number of sulfonamides is 1. The lowest BCUT2D eigenvalue weighted by molar-refractivity contribution is -0.137. The number of anilines is 2. The number of ether oxygens (including phenoxy) is 1. The van der Waals surface area contributed by atoms with Crippen molar-refractivity contribution in [2.75, 3.05) is 43.5 Å². The highest BCUT2D eigenvalue weighted by molar-refractivity contribution is 7.89. The summed E-state index contributed by atoms with van der Waals surface area (Å²) in [6, 6.07) is 16.0. The maximum atomic E-state index is 13.4. The minimum absolute atomic E-state index is 0.0417. The number of carbonyl (C=O) groups excluding carboxylic acids is 1. The molecule has 1 aliphatic rings. The number of halogens is 3. The van der Waals surface area contributed by atoms with E-state index >= 15 is 0 Å². The number of carbonyl (C=O) groups is 1. The minimum Gasteiger partial charge on any atom is -0.495 e. The molecule has 196 valence electrons. The summed E-state index contributed by atoms with van der Waals surface area (Å²) in [5.41, 5.74) is 0.493. The molecule has 1 heterocycles. The van der Waals surface area contributed by atoms with Crippen molar-refractivity contribution in [3.63, 3.8) is 0 Å². The van der Waals surface area contributed by atoms with Crippen molar-refractivity contribution in [1.29, 1.82) is 0 Å². The van der Waals surface area contributed by atoms with Gasteiger partial charge < -0.3 is 15.0 Å². The second kappa shape index (κ2) is 10.4. The predicted octanol–water partition coefficient (Wildman–Crippen LogP) is 4.79. The monoisotopic (exact) mass is 533 g/mol. The number of aryl methyl sites for hydroxylation is 1. The first-order valence-electron chi connectivity index (χ1n) is 11.5. The van der Waals surface area contributed by atoms with Crippen molar-refractivity contribution in [1.82, 2.24) is 4.31 Å². The molecular formula is C26H26F3N3O4S. The van der Waals surface area contributed by atoms with Crippen LogP contribution in [0.1, 0.15) is 21.5 Å². The zero-order valence-electron chi connectivity index (χ0n) is 20.2. The van der Waals surface area contributed by atoms with E-state index in [1.54, 1.807) is 14.0 Å². The summed E-state index contributed by atoms with van der Waals surface area (Å²) in [5.74, 6) is 0.00336. The first-order valence-corrected chi connectivity index (χ1v) is 12.9. The molecule has 4 rings (SSSR count). The molecule has 0 saturated carbocycles. The van der Waals surface area contributed by atoms with Crippen molar-refractivity contribution >= 4 is 27.3 Å². The van der Waals surface area contributed by atoms with Crippen LogP contribution in [0.15, 0.2) is 71.6 Å². The average molecular weight is 534 g/mol. The van der Waals surface area contributed by atoms with E-state index < -0.39 is 27.7 Å². The van der Waals surface area contributed by atoms with Gasteiger partial charge in [0.1, 0.15) is 5.75 Å². The van der Waals surface area contributed by atoms with Crippen molar-refractivity contribution in [3.05, 3.63) is 83.4 Å². The first kappa shape index (κ1) is 26.5. The van der Waals surface area contributed by atoms with Gasteiger partial charge in [0.25, 0.3) is 5.91 Å². The molecule has 0 aliphatic carbocycles. The van der Waals surface area contributed by atoms with Gasteiger partial charge in [-0.15, -0.1) is 0 Å².